The molecule has 1 saturated heterocycles. The summed E-state index contributed by atoms with van der Waals surface area (Å²) >= 11 is 0. The monoisotopic (exact) mass is 370 g/mol. The van der Waals surface area contributed by atoms with Gasteiger partial charge in [-0.05, 0) is 71.3 Å². The maximum atomic E-state index is 4.82. The number of aliphatic imine (C=N–C) groups is 1. The zero-order valence-corrected chi connectivity index (χ0v) is 17.0. The molecule has 1 aliphatic heterocycles. The average molecular weight is 371 g/mol. The van der Waals surface area contributed by atoms with Gasteiger partial charge in [0.05, 0.1) is 11.0 Å². The molecule has 0 aliphatic carbocycles. The summed E-state index contributed by atoms with van der Waals surface area (Å²) in [6, 6.07) is 8.35. The number of imidazole rings is 1. The smallest absolute Gasteiger partial charge is 0.191 e. The molecule has 0 bridgehead atoms. The Morgan fingerprint density at radius 1 is 1.22 bits per heavy atom. The van der Waals surface area contributed by atoms with E-state index in [1.165, 1.54) is 31.4 Å². The second-order valence-corrected chi connectivity index (χ2v) is 7.55. The van der Waals surface area contributed by atoms with Gasteiger partial charge in [0.25, 0.3) is 0 Å². The molecule has 3 rings (SSSR count). The summed E-state index contributed by atoms with van der Waals surface area (Å²) in [5.74, 6) is 2.75. The normalized spacial score (nSPS) is 16.8. The van der Waals surface area contributed by atoms with Gasteiger partial charge >= 0.3 is 0 Å². The molecule has 0 amide bonds. The van der Waals surface area contributed by atoms with E-state index in [0.717, 1.165) is 55.8 Å². The van der Waals surface area contributed by atoms with Crippen molar-refractivity contribution < 1.29 is 0 Å². The maximum absolute atomic E-state index is 4.82. The minimum absolute atomic E-state index is 0.719. The quantitative estimate of drug-likeness (QED) is 0.447. The molecule has 0 unspecified atom stereocenters. The summed E-state index contributed by atoms with van der Waals surface area (Å²) in [6.45, 7) is 10.3. The van der Waals surface area contributed by atoms with Gasteiger partial charge in [-0.2, -0.15) is 0 Å². The molecule has 0 radical (unpaired) electrons. The predicted octanol–water partition coefficient (Wildman–Crippen LogP) is 2.63. The lowest BCUT2D eigenvalue weighted by atomic mass is 9.97. The van der Waals surface area contributed by atoms with Crippen LogP contribution in [0.4, 0.5) is 0 Å². The van der Waals surface area contributed by atoms with Crippen LogP contribution in [-0.2, 0) is 6.54 Å². The van der Waals surface area contributed by atoms with Gasteiger partial charge < -0.3 is 20.1 Å². The van der Waals surface area contributed by atoms with Crippen LogP contribution in [0.15, 0.2) is 29.3 Å². The molecule has 0 spiro atoms. The summed E-state index contributed by atoms with van der Waals surface area (Å²) in [5.41, 5.74) is 2.30. The summed E-state index contributed by atoms with van der Waals surface area (Å²) in [4.78, 5) is 11.9. The lowest BCUT2D eigenvalue weighted by Gasteiger charge is -2.28. The number of hydrogen-bond donors (Lipinski definition) is 2. The lowest BCUT2D eigenvalue weighted by Crippen LogP contribution is -2.39. The van der Waals surface area contributed by atoms with E-state index in [0.29, 0.717) is 0 Å². The van der Waals surface area contributed by atoms with Gasteiger partial charge in [-0.3, -0.25) is 4.99 Å². The third-order valence-corrected chi connectivity index (χ3v) is 5.39. The van der Waals surface area contributed by atoms with E-state index in [9.17, 15) is 0 Å². The van der Waals surface area contributed by atoms with Crippen molar-refractivity contribution in [3.8, 4) is 0 Å². The molecule has 1 aromatic carbocycles. The van der Waals surface area contributed by atoms with Crippen molar-refractivity contribution in [2.45, 2.75) is 39.7 Å². The van der Waals surface area contributed by atoms with Gasteiger partial charge in [-0.1, -0.05) is 12.1 Å². The summed E-state index contributed by atoms with van der Waals surface area (Å²) in [5, 5.41) is 6.87. The number of likely N-dealkylation sites (tertiary alicyclic amines) is 1. The van der Waals surface area contributed by atoms with Gasteiger partial charge in [-0.15, -0.1) is 0 Å². The Balaban J connectivity index is 1.47. The molecule has 0 saturated carbocycles. The Kier molecular flexibility index (Phi) is 7.10. The topological polar surface area (TPSA) is 57.5 Å². The van der Waals surface area contributed by atoms with Crippen LogP contribution in [0.1, 0.15) is 32.0 Å². The zero-order chi connectivity index (χ0) is 19.1. The van der Waals surface area contributed by atoms with E-state index >= 15 is 0 Å². The number of benzene rings is 1. The van der Waals surface area contributed by atoms with Crippen molar-refractivity contribution in [2.24, 2.45) is 10.9 Å². The van der Waals surface area contributed by atoms with Gasteiger partial charge in [0.2, 0.25) is 0 Å². The molecule has 6 heteroatoms. The van der Waals surface area contributed by atoms with Crippen LogP contribution >= 0.6 is 0 Å². The van der Waals surface area contributed by atoms with Gasteiger partial charge in [-0.25, -0.2) is 4.98 Å². The highest BCUT2D eigenvalue weighted by atomic mass is 15.2. The van der Waals surface area contributed by atoms with Gasteiger partial charge in [0.15, 0.2) is 5.96 Å². The maximum Gasteiger partial charge on any atom is 0.191 e. The number of nitrogens with zero attached hydrogens (tertiary/aromatic N) is 4. The first kappa shape index (κ1) is 19.7. The number of piperidine rings is 1. The fourth-order valence-corrected chi connectivity index (χ4v) is 3.73. The Labute approximate surface area is 163 Å². The van der Waals surface area contributed by atoms with Crippen molar-refractivity contribution in [3.05, 3.63) is 30.1 Å². The lowest BCUT2D eigenvalue weighted by molar-refractivity contribution is 0.223. The summed E-state index contributed by atoms with van der Waals surface area (Å²) in [7, 11) is 2.20. The standard InChI is InChI=1S/C21H34N6/c1-4-22-21(24-16-18-10-14-26(3)15-11-18)23-12-7-13-27-17(2)25-19-8-5-6-9-20(19)27/h5-6,8-9,18H,4,7,10-16H2,1-3H3,(H2,22,23,24). The molecule has 27 heavy (non-hydrogen) atoms. The molecular weight excluding hydrogens is 336 g/mol. The minimum Gasteiger partial charge on any atom is -0.357 e. The largest absolute Gasteiger partial charge is 0.357 e. The van der Waals surface area contributed by atoms with E-state index in [1.54, 1.807) is 0 Å². The molecule has 6 nitrogen and oxygen atoms in total. The predicted molar refractivity (Wildman–Crippen MR) is 113 cm³/mol. The van der Waals surface area contributed by atoms with Crippen LogP contribution in [-0.4, -0.2) is 60.2 Å². The van der Waals surface area contributed by atoms with E-state index in [4.69, 9.17) is 4.99 Å². The fourth-order valence-electron chi connectivity index (χ4n) is 3.73. The highest BCUT2D eigenvalue weighted by molar-refractivity contribution is 5.79. The summed E-state index contributed by atoms with van der Waals surface area (Å²) in [6.07, 6.45) is 3.55. The number of hydrogen-bond acceptors (Lipinski definition) is 3. The first-order valence-corrected chi connectivity index (χ1v) is 10.3. The number of aryl methyl sites for hydroxylation is 2. The summed E-state index contributed by atoms with van der Waals surface area (Å²) < 4.78 is 2.31. The van der Waals surface area contributed by atoms with Crippen molar-refractivity contribution in [2.75, 3.05) is 39.8 Å². The zero-order valence-electron chi connectivity index (χ0n) is 17.0. The second-order valence-electron chi connectivity index (χ2n) is 7.55. The molecule has 1 aromatic heterocycles. The Morgan fingerprint density at radius 2 is 2.00 bits per heavy atom. The number of aromatic nitrogens is 2. The molecule has 1 fully saturated rings. The minimum atomic E-state index is 0.719. The molecule has 2 aromatic rings. The molecular formula is C21H34N6. The van der Waals surface area contributed by atoms with Crippen LogP contribution in [0.2, 0.25) is 0 Å². The Bertz CT molecular complexity index is 742. The van der Waals surface area contributed by atoms with E-state index in [-0.39, 0.29) is 0 Å². The van der Waals surface area contributed by atoms with Crippen molar-refractivity contribution in [1.29, 1.82) is 0 Å². The number of rotatable bonds is 7. The number of nitrogens with one attached hydrogen (secondary N) is 2. The Morgan fingerprint density at radius 3 is 2.78 bits per heavy atom. The average Bonchev–Trinajstić information content (AvgIpc) is 2.99. The van der Waals surface area contributed by atoms with Gasteiger partial charge in [0.1, 0.15) is 5.82 Å². The number of guanidine groups is 1. The van der Waals surface area contributed by atoms with Crippen LogP contribution in [0.3, 0.4) is 0 Å². The third kappa shape index (κ3) is 5.45. The third-order valence-electron chi connectivity index (χ3n) is 5.39. The molecule has 2 N–H and O–H groups in total. The van der Waals surface area contributed by atoms with E-state index < -0.39 is 0 Å². The van der Waals surface area contributed by atoms with Gasteiger partial charge in [0, 0.05) is 26.2 Å². The first-order valence-electron chi connectivity index (χ1n) is 10.3. The van der Waals surface area contributed by atoms with Crippen molar-refractivity contribution >= 4 is 17.0 Å². The molecule has 1 aliphatic rings. The van der Waals surface area contributed by atoms with Crippen LogP contribution in [0.5, 0.6) is 0 Å². The molecule has 0 atom stereocenters. The highest BCUT2D eigenvalue weighted by Crippen LogP contribution is 2.16. The molecule has 148 valence electrons. The Hall–Kier alpha value is -2.08. The fraction of sp³-hybridized carbons (Fsp3) is 0.619. The number of para-hydroxylation sites is 2. The number of fused-ring (bicyclic) bond motifs is 1. The van der Waals surface area contributed by atoms with Crippen molar-refractivity contribution in [1.82, 2.24) is 25.1 Å². The SMILES string of the molecule is CCNC(=NCC1CCN(C)CC1)NCCCn1c(C)nc2ccccc21. The first-order chi connectivity index (χ1) is 13.2. The van der Waals surface area contributed by atoms with Crippen molar-refractivity contribution in [3.63, 3.8) is 0 Å². The molecule has 2 heterocycles. The van der Waals surface area contributed by atoms with Crippen LogP contribution in [0, 0.1) is 12.8 Å². The van der Waals surface area contributed by atoms with Crippen LogP contribution < -0.4 is 10.6 Å². The van der Waals surface area contributed by atoms with Crippen LogP contribution in [0.25, 0.3) is 11.0 Å². The van der Waals surface area contributed by atoms with E-state index in [1.807, 2.05) is 6.07 Å². The van der Waals surface area contributed by atoms with E-state index in [2.05, 4.69) is 64.2 Å². The highest BCUT2D eigenvalue weighted by Gasteiger charge is 2.16. The second kappa shape index (κ2) is 9.74.